The first-order valence-corrected chi connectivity index (χ1v) is 11.4. The summed E-state index contributed by atoms with van der Waals surface area (Å²) >= 11 is 0. The van der Waals surface area contributed by atoms with E-state index in [0.29, 0.717) is 35.7 Å². The predicted molar refractivity (Wildman–Crippen MR) is 135 cm³/mol. The van der Waals surface area contributed by atoms with Gasteiger partial charge >= 0.3 is 5.97 Å². The summed E-state index contributed by atoms with van der Waals surface area (Å²) in [4.78, 5) is 27.0. The molecule has 0 saturated carbocycles. The lowest BCUT2D eigenvalue weighted by atomic mass is 10.1. The minimum Gasteiger partial charge on any atom is -0.487 e. The SMILES string of the molecule is COC(=O)c1cccc(N2CC(Oc3ccc(C(=O)Nc4ccc(F)cc4)cc3)C2)c1-n1cccc1. The van der Waals surface area contributed by atoms with Crippen LogP contribution in [0.5, 0.6) is 5.75 Å². The second-order valence-corrected chi connectivity index (χ2v) is 8.39. The van der Waals surface area contributed by atoms with E-state index in [2.05, 4.69) is 10.2 Å². The Hall–Kier alpha value is -4.59. The second kappa shape index (κ2) is 9.95. The number of hydrogen-bond donors (Lipinski definition) is 1. The number of esters is 1. The van der Waals surface area contributed by atoms with Crippen LogP contribution >= 0.6 is 0 Å². The summed E-state index contributed by atoms with van der Waals surface area (Å²) in [6, 6.07) is 21.9. The van der Waals surface area contributed by atoms with Crippen molar-refractivity contribution in [1.82, 2.24) is 4.57 Å². The monoisotopic (exact) mass is 485 g/mol. The molecule has 0 bridgehead atoms. The van der Waals surface area contributed by atoms with Crippen LogP contribution in [0.1, 0.15) is 20.7 Å². The number of benzene rings is 3. The Balaban J connectivity index is 1.23. The maximum absolute atomic E-state index is 13.0. The van der Waals surface area contributed by atoms with Crippen LogP contribution in [-0.2, 0) is 4.74 Å². The highest BCUT2D eigenvalue weighted by molar-refractivity contribution is 6.04. The van der Waals surface area contributed by atoms with Crippen molar-refractivity contribution in [3.05, 3.63) is 108 Å². The zero-order valence-corrected chi connectivity index (χ0v) is 19.6. The highest BCUT2D eigenvalue weighted by Gasteiger charge is 2.32. The summed E-state index contributed by atoms with van der Waals surface area (Å²) in [6.07, 6.45) is 3.75. The molecule has 0 aliphatic carbocycles. The van der Waals surface area contributed by atoms with Gasteiger partial charge in [0.05, 0.1) is 37.1 Å². The van der Waals surface area contributed by atoms with Crippen LogP contribution in [0.2, 0.25) is 0 Å². The van der Waals surface area contributed by atoms with Crippen molar-refractivity contribution in [3.8, 4) is 11.4 Å². The zero-order valence-electron chi connectivity index (χ0n) is 19.6. The summed E-state index contributed by atoms with van der Waals surface area (Å²) < 4.78 is 26.0. The molecule has 4 aromatic rings. The van der Waals surface area contributed by atoms with Gasteiger partial charge < -0.3 is 24.3 Å². The van der Waals surface area contributed by atoms with Crippen molar-refractivity contribution in [2.24, 2.45) is 0 Å². The lowest BCUT2D eigenvalue weighted by Crippen LogP contribution is -2.54. The van der Waals surface area contributed by atoms with Crippen molar-refractivity contribution >= 4 is 23.3 Å². The Morgan fingerprint density at radius 1 is 0.917 bits per heavy atom. The van der Waals surface area contributed by atoms with E-state index in [1.165, 1.54) is 31.4 Å². The van der Waals surface area contributed by atoms with E-state index in [9.17, 15) is 14.0 Å². The largest absolute Gasteiger partial charge is 0.487 e. The summed E-state index contributed by atoms with van der Waals surface area (Å²) in [7, 11) is 1.37. The maximum Gasteiger partial charge on any atom is 0.340 e. The third-order valence-electron chi connectivity index (χ3n) is 5.99. The molecule has 8 heteroatoms. The Kier molecular flexibility index (Phi) is 6.40. The van der Waals surface area contributed by atoms with Gasteiger partial charge in [0.25, 0.3) is 5.91 Å². The average molecular weight is 486 g/mol. The normalized spacial score (nSPS) is 13.1. The fourth-order valence-corrected chi connectivity index (χ4v) is 4.14. The number of ether oxygens (including phenoxy) is 2. The van der Waals surface area contributed by atoms with Crippen LogP contribution in [0, 0.1) is 5.82 Å². The molecule has 182 valence electrons. The van der Waals surface area contributed by atoms with Gasteiger partial charge in [0, 0.05) is 23.6 Å². The van der Waals surface area contributed by atoms with Gasteiger partial charge in [-0.15, -0.1) is 0 Å². The molecule has 1 saturated heterocycles. The summed E-state index contributed by atoms with van der Waals surface area (Å²) in [5, 5.41) is 2.74. The molecule has 0 unspecified atom stereocenters. The van der Waals surface area contributed by atoms with Gasteiger partial charge in [0.1, 0.15) is 17.7 Å². The smallest absolute Gasteiger partial charge is 0.340 e. The van der Waals surface area contributed by atoms with Crippen LogP contribution in [0.15, 0.2) is 91.3 Å². The first-order valence-electron chi connectivity index (χ1n) is 11.4. The number of halogens is 1. The van der Waals surface area contributed by atoms with Crippen LogP contribution in [-0.4, -0.2) is 42.7 Å². The summed E-state index contributed by atoms with van der Waals surface area (Å²) in [5.74, 6) is -0.378. The number of rotatable bonds is 7. The quantitative estimate of drug-likeness (QED) is 0.376. The summed E-state index contributed by atoms with van der Waals surface area (Å²) in [6.45, 7) is 1.29. The minimum absolute atomic E-state index is 0.0387. The third kappa shape index (κ3) is 4.79. The second-order valence-electron chi connectivity index (χ2n) is 8.39. The molecule has 1 amide bonds. The van der Waals surface area contributed by atoms with Gasteiger partial charge in [0.2, 0.25) is 0 Å². The Labute approximate surface area is 207 Å². The van der Waals surface area contributed by atoms with Crippen molar-refractivity contribution in [3.63, 3.8) is 0 Å². The predicted octanol–water partition coefficient (Wildman–Crippen LogP) is 4.92. The van der Waals surface area contributed by atoms with E-state index in [4.69, 9.17) is 9.47 Å². The van der Waals surface area contributed by atoms with E-state index < -0.39 is 5.97 Å². The van der Waals surface area contributed by atoms with E-state index in [1.807, 2.05) is 41.2 Å². The maximum atomic E-state index is 13.0. The third-order valence-corrected chi connectivity index (χ3v) is 5.99. The molecule has 1 aliphatic heterocycles. The van der Waals surface area contributed by atoms with Gasteiger partial charge in [0.15, 0.2) is 0 Å². The molecule has 0 radical (unpaired) electrons. The van der Waals surface area contributed by atoms with Crippen molar-refractivity contribution in [1.29, 1.82) is 0 Å². The molecule has 1 N–H and O–H groups in total. The lowest BCUT2D eigenvalue weighted by molar-refractivity contribution is 0.0600. The number of para-hydroxylation sites is 1. The minimum atomic E-state index is -0.391. The molecule has 36 heavy (non-hydrogen) atoms. The van der Waals surface area contributed by atoms with Crippen molar-refractivity contribution in [2.75, 3.05) is 30.4 Å². The number of carbonyl (C=O) groups excluding carboxylic acids is 2. The number of hydrogen-bond acceptors (Lipinski definition) is 5. The van der Waals surface area contributed by atoms with E-state index in [1.54, 1.807) is 30.3 Å². The molecule has 5 rings (SSSR count). The van der Waals surface area contributed by atoms with E-state index in [0.717, 1.165) is 11.4 Å². The fraction of sp³-hybridized carbons (Fsp3) is 0.143. The van der Waals surface area contributed by atoms with Crippen molar-refractivity contribution < 1.29 is 23.5 Å². The van der Waals surface area contributed by atoms with Gasteiger partial charge in [-0.1, -0.05) is 6.07 Å². The molecular formula is C28H24FN3O4. The molecule has 0 spiro atoms. The van der Waals surface area contributed by atoms with Crippen LogP contribution < -0.4 is 15.0 Å². The number of nitrogens with zero attached hydrogens (tertiary/aromatic N) is 2. The molecule has 1 aromatic heterocycles. The first-order chi connectivity index (χ1) is 17.5. The van der Waals surface area contributed by atoms with Gasteiger partial charge in [-0.2, -0.15) is 0 Å². The summed E-state index contributed by atoms with van der Waals surface area (Å²) in [5.41, 5.74) is 3.17. The highest BCUT2D eigenvalue weighted by atomic mass is 19.1. The fourth-order valence-electron chi connectivity index (χ4n) is 4.14. The van der Waals surface area contributed by atoms with E-state index >= 15 is 0 Å². The number of aromatic nitrogens is 1. The van der Waals surface area contributed by atoms with Gasteiger partial charge in [-0.05, 0) is 72.8 Å². The molecule has 7 nitrogen and oxygen atoms in total. The number of carbonyl (C=O) groups is 2. The van der Waals surface area contributed by atoms with Crippen molar-refractivity contribution in [2.45, 2.75) is 6.10 Å². The van der Waals surface area contributed by atoms with Gasteiger partial charge in [-0.3, -0.25) is 4.79 Å². The number of nitrogens with one attached hydrogen (secondary N) is 1. The average Bonchev–Trinajstić information content (AvgIpc) is 3.41. The number of amides is 1. The zero-order chi connectivity index (χ0) is 25.1. The van der Waals surface area contributed by atoms with Crippen LogP contribution in [0.4, 0.5) is 15.8 Å². The molecule has 1 aliphatic rings. The number of anilines is 2. The van der Waals surface area contributed by atoms with E-state index in [-0.39, 0.29) is 17.8 Å². The van der Waals surface area contributed by atoms with Gasteiger partial charge in [-0.25, -0.2) is 9.18 Å². The van der Waals surface area contributed by atoms with Crippen LogP contribution in [0.25, 0.3) is 5.69 Å². The first kappa shape index (κ1) is 23.2. The molecule has 2 heterocycles. The number of methoxy groups -OCH3 is 1. The molecular weight excluding hydrogens is 461 g/mol. The lowest BCUT2D eigenvalue weighted by Gasteiger charge is -2.41. The highest BCUT2D eigenvalue weighted by Crippen LogP contribution is 2.33. The molecule has 3 aromatic carbocycles. The topological polar surface area (TPSA) is 72.8 Å². The van der Waals surface area contributed by atoms with Crippen LogP contribution in [0.3, 0.4) is 0 Å². The Morgan fingerprint density at radius 2 is 1.61 bits per heavy atom. The molecule has 0 atom stereocenters. The molecule has 1 fully saturated rings. The Morgan fingerprint density at radius 3 is 2.28 bits per heavy atom. The standard InChI is InChI=1S/C28H24FN3O4/c1-35-28(34)24-5-4-6-25(26(24)31-15-2-3-16-31)32-17-23(18-32)36-22-13-7-19(8-14-22)27(33)30-21-11-9-20(29)10-12-21/h2-16,23H,17-18H2,1H3,(H,30,33). The Bertz CT molecular complexity index is 1360.